The summed E-state index contributed by atoms with van der Waals surface area (Å²) >= 11 is 0. The van der Waals surface area contributed by atoms with E-state index in [2.05, 4.69) is 10.1 Å². The van der Waals surface area contributed by atoms with Gasteiger partial charge >= 0.3 is 5.97 Å². The number of amides is 1. The minimum Gasteiger partial charge on any atom is -0.452 e. The van der Waals surface area contributed by atoms with E-state index in [1.807, 2.05) is 0 Å². The van der Waals surface area contributed by atoms with E-state index in [-0.39, 0.29) is 10.6 Å². The Morgan fingerprint density at radius 1 is 1.04 bits per heavy atom. The number of carbonyl (C=O) groups excluding carboxylic acids is 2. The molecule has 0 radical (unpaired) electrons. The van der Waals surface area contributed by atoms with Crippen molar-refractivity contribution in [3.8, 4) is 0 Å². The van der Waals surface area contributed by atoms with Crippen LogP contribution in [0.1, 0.15) is 10.4 Å². The van der Waals surface area contributed by atoms with E-state index in [0.717, 1.165) is 22.5 Å². The van der Waals surface area contributed by atoms with Crippen LogP contribution in [0.5, 0.6) is 0 Å². The number of anilines is 1. The van der Waals surface area contributed by atoms with E-state index in [0.29, 0.717) is 0 Å². The third-order valence-corrected chi connectivity index (χ3v) is 5.25. The molecule has 144 valence electrons. The van der Waals surface area contributed by atoms with Crippen molar-refractivity contribution in [2.75, 3.05) is 26.0 Å². The second-order valence-corrected chi connectivity index (χ2v) is 7.68. The molecule has 10 heteroatoms. The summed E-state index contributed by atoms with van der Waals surface area (Å²) in [6.45, 7) is -0.773. The Hall–Kier alpha value is -2.85. The van der Waals surface area contributed by atoms with Gasteiger partial charge in [-0.2, -0.15) is 0 Å². The van der Waals surface area contributed by atoms with E-state index in [9.17, 15) is 26.8 Å². The molecule has 0 aliphatic heterocycles. The number of carbonyl (C=O) groups is 2. The van der Waals surface area contributed by atoms with E-state index < -0.39 is 45.7 Å². The number of ether oxygens (including phenoxy) is 1. The summed E-state index contributed by atoms with van der Waals surface area (Å²) in [6.07, 6.45) is 0. The van der Waals surface area contributed by atoms with Crippen molar-refractivity contribution in [1.82, 2.24) is 4.31 Å². The topological polar surface area (TPSA) is 92.8 Å². The number of rotatable bonds is 6. The fourth-order valence-corrected chi connectivity index (χ4v) is 2.92. The number of nitrogens with zero attached hydrogens (tertiary/aromatic N) is 1. The maximum atomic E-state index is 13.5. The number of sulfonamides is 1. The van der Waals surface area contributed by atoms with Gasteiger partial charge in [0.25, 0.3) is 5.91 Å². The van der Waals surface area contributed by atoms with Gasteiger partial charge in [0.1, 0.15) is 17.2 Å². The highest BCUT2D eigenvalue weighted by Gasteiger charge is 2.20. The molecule has 0 heterocycles. The average molecular weight is 398 g/mol. The lowest BCUT2D eigenvalue weighted by atomic mass is 10.2. The number of nitrogens with one attached hydrogen (secondary N) is 1. The Balaban J connectivity index is 1.97. The highest BCUT2D eigenvalue weighted by Crippen LogP contribution is 2.17. The van der Waals surface area contributed by atoms with Crippen LogP contribution in [0.25, 0.3) is 0 Å². The Morgan fingerprint density at radius 2 is 1.59 bits per heavy atom. The van der Waals surface area contributed by atoms with Crippen LogP contribution in [-0.2, 0) is 19.6 Å². The van der Waals surface area contributed by atoms with Crippen molar-refractivity contribution < 1.29 is 31.5 Å². The van der Waals surface area contributed by atoms with Crippen LogP contribution < -0.4 is 5.32 Å². The molecule has 0 saturated heterocycles. The second kappa shape index (κ2) is 8.23. The molecule has 2 aromatic carbocycles. The van der Waals surface area contributed by atoms with Gasteiger partial charge in [0.2, 0.25) is 10.0 Å². The minimum absolute atomic E-state index is 0.0342. The number of hydrogen-bond acceptors (Lipinski definition) is 5. The predicted octanol–water partition coefficient (Wildman–Crippen LogP) is 2.01. The van der Waals surface area contributed by atoms with Crippen molar-refractivity contribution in [1.29, 1.82) is 0 Å². The molecule has 2 rings (SSSR count). The molecular formula is C17H16F2N2O5S. The molecule has 0 aliphatic rings. The average Bonchev–Trinajstić information content (AvgIpc) is 2.60. The Morgan fingerprint density at radius 3 is 2.11 bits per heavy atom. The number of esters is 1. The molecule has 0 saturated carbocycles. The normalized spacial score (nSPS) is 11.3. The van der Waals surface area contributed by atoms with Crippen LogP contribution in [-0.4, -0.2) is 45.3 Å². The van der Waals surface area contributed by atoms with Gasteiger partial charge in [0.15, 0.2) is 6.61 Å². The number of benzene rings is 2. The van der Waals surface area contributed by atoms with Gasteiger partial charge in [-0.3, -0.25) is 4.79 Å². The molecule has 2 aromatic rings. The van der Waals surface area contributed by atoms with Crippen molar-refractivity contribution in [2.45, 2.75) is 4.90 Å². The van der Waals surface area contributed by atoms with Crippen LogP contribution in [0.4, 0.5) is 14.5 Å². The smallest absolute Gasteiger partial charge is 0.344 e. The van der Waals surface area contributed by atoms with Gasteiger partial charge in [-0.05, 0) is 36.4 Å². The Bertz CT molecular complexity index is 940. The zero-order valence-corrected chi connectivity index (χ0v) is 15.2. The summed E-state index contributed by atoms with van der Waals surface area (Å²) < 4.78 is 56.5. The molecule has 0 atom stereocenters. The molecular weight excluding hydrogens is 382 g/mol. The monoisotopic (exact) mass is 398 g/mol. The first-order chi connectivity index (χ1) is 12.6. The molecule has 0 bridgehead atoms. The molecule has 7 nitrogen and oxygen atoms in total. The van der Waals surface area contributed by atoms with E-state index >= 15 is 0 Å². The first-order valence-corrected chi connectivity index (χ1v) is 9.00. The van der Waals surface area contributed by atoms with Gasteiger partial charge in [-0.15, -0.1) is 0 Å². The molecule has 0 aliphatic carbocycles. The summed E-state index contributed by atoms with van der Waals surface area (Å²) in [6, 6.07) is 8.18. The molecule has 1 N–H and O–H groups in total. The maximum Gasteiger partial charge on any atom is 0.344 e. The maximum absolute atomic E-state index is 13.5. The molecule has 0 fully saturated rings. The van der Waals surface area contributed by atoms with Crippen LogP contribution in [0, 0.1) is 11.6 Å². The summed E-state index contributed by atoms with van der Waals surface area (Å²) in [5, 5.41) is 2.37. The van der Waals surface area contributed by atoms with E-state index in [1.165, 1.54) is 38.4 Å². The summed E-state index contributed by atoms with van der Waals surface area (Å²) in [7, 11) is -0.829. The lowest BCUT2D eigenvalue weighted by Gasteiger charge is -2.12. The largest absolute Gasteiger partial charge is 0.452 e. The fourth-order valence-electron chi connectivity index (χ4n) is 2.01. The zero-order chi connectivity index (χ0) is 20.2. The highest BCUT2D eigenvalue weighted by atomic mass is 32.2. The number of halogens is 2. The molecule has 0 unspecified atom stereocenters. The van der Waals surface area contributed by atoms with Gasteiger partial charge in [0.05, 0.1) is 4.90 Å². The SMILES string of the molecule is CN(C)S(=O)(=O)c1ccc(NC(=O)COC(=O)c2c(F)cccc2F)cc1. The lowest BCUT2D eigenvalue weighted by Crippen LogP contribution is -2.23. The summed E-state index contributed by atoms with van der Waals surface area (Å²) in [4.78, 5) is 23.5. The van der Waals surface area contributed by atoms with Gasteiger partial charge in [-0.1, -0.05) is 6.07 Å². The van der Waals surface area contributed by atoms with Crippen molar-refractivity contribution in [3.05, 3.63) is 59.7 Å². The first kappa shape index (κ1) is 20.5. The summed E-state index contributed by atoms with van der Waals surface area (Å²) in [5.41, 5.74) is -0.630. The van der Waals surface area contributed by atoms with E-state index in [4.69, 9.17) is 0 Å². The lowest BCUT2D eigenvalue weighted by molar-refractivity contribution is -0.119. The zero-order valence-electron chi connectivity index (χ0n) is 14.4. The second-order valence-electron chi connectivity index (χ2n) is 5.53. The van der Waals surface area contributed by atoms with Crippen LogP contribution >= 0.6 is 0 Å². The van der Waals surface area contributed by atoms with E-state index in [1.54, 1.807) is 0 Å². The Kier molecular flexibility index (Phi) is 6.24. The van der Waals surface area contributed by atoms with Crippen molar-refractivity contribution in [2.24, 2.45) is 0 Å². The van der Waals surface area contributed by atoms with Gasteiger partial charge < -0.3 is 10.1 Å². The van der Waals surface area contributed by atoms with Crippen LogP contribution in [0.15, 0.2) is 47.4 Å². The first-order valence-electron chi connectivity index (χ1n) is 7.56. The molecule has 0 aromatic heterocycles. The van der Waals surface area contributed by atoms with Crippen LogP contribution in [0.3, 0.4) is 0 Å². The van der Waals surface area contributed by atoms with Crippen molar-refractivity contribution in [3.63, 3.8) is 0 Å². The molecule has 0 spiro atoms. The quantitative estimate of drug-likeness (QED) is 0.752. The minimum atomic E-state index is -3.60. The predicted molar refractivity (Wildman–Crippen MR) is 92.6 cm³/mol. The Labute approximate surface area is 154 Å². The van der Waals surface area contributed by atoms with Crippen LogP contribution in [0.2, 0.25) is 0 Å². The molecule has 1 amide bonds. The molecule has 27 heavy (non-hydrogen) atoms. The summed E-state index contributed by atoms with van der Waals surface area (Å²) in [5.74, 6) is -4.27. The third kappa shape index (κ3) is 4.86. The van der Waals surface area contributed by atoms with Gasteiger partial charge in [0, 0.05) is 19.8 Å². The van der Waals surface area contributed by atoms with Gasteiger partial charge in [-0.25, -0.2) is 26.3 Å². The number of hydrogen-bond donors (Lipinski definition) is 1. The third-order valence-electron chi connectivity index (χ3n) is 3.42. The highest BCUT2D eigenvalue weighted by molar-refractivity contribution is 7.89. The van der Waals surface area contributed by atoms with Crippen molar-refractivity contribution >= 4 is 27.6 Å². The standard InChI is InChI=1S/C17H16F2N2O5S/c1-21(2)27(24,25)12-8-6-11(7-9-12)20-15(22)10-26-17(23)16-13(18)4-3-5-14(16)19/h3-9H,10H2,1-2H3,(H,20,22). The fraction of sp³-hybridized carbons (Fsp3) is 0.176.